The van der Waals surface area contributed by atoms with Crippen molar-refractivity contribution in [3.05, 3.63) is 59.4 Å². The summed E-state index contributed by atoms with van der Waals surface area (Å²) in [6.07, 6.45) is -0.296. The molecule has 0 aromatic heterocycles. The molecule has 0 amide bonds. The molecular formula is C14H9F3O2. The van der Waals surface area contributed by atoms with Crippen molar-refractivity contribution in [2.24, 2.45) is 0 Å². The van der Waals surface area contributed by atoms with Crippen LogP contribution in [-0.2, 0) is 11.2 Å². The molecule has 0 heterocycles. The number of benzene rings is 2. The normalized spacial score (nSPS) is 10.5. The first-order valence-electron chi connectivity index (χ1n) is 5.43. The molecular weight excluding hydrogens is 257 g/mol. The number of rotatable bonds is 3. The Morgan fingerprint density at radius 1 is 0.947 bits per heavy atom. The summed E-state index contributed by atoms with van der Waals surface area (Å²) in [4.78, 5) is 10.6. The van der Waals surface area contributed by atoms with Gasteiger partial charge in [0.1, 0.15) is 17.5 Å². The van der Waals surface area contributed by atoms with Crippen LogP contribution in [0.1, 0.15) is 5.56 Å². The van der Waals surface area contributed by atoms with Gasteiger partial charge in [0.25, 0.3) is 0 Å². The van der Waals surface area contributed by atoms with Crippen molar-refractivity contribution in [3.8, 4) is 11.1 Å². The van der Waals surface area contributed by atoms with E-state index in [0.717, 1.165) is 18.2 Å². The van der Waals surface area contributed by atoms with Gasteiger partial charge in [0.15, 0.2) is 0 Å². The number of carbonyl (C=O) groups is 1. The molecule has 0 atom stereocenters. The summed E-state index contributed by atoms with van der Waals surface area (Å²) in [5, 5.41) is 8.67. The number of carboxylic acids is 1. The number of aliphatic carboxylic acids is 1. The van der Waals surface area contributed by atoms with E-state index in [-0.39, 0.29) is 17.5 Å². The number of halogens is 3. The Hall–Kier alpha value is -2.30. The highest BCUT2D eigenvalue weighted by Gasteiger charge is 2.12. The Bertz CT molecular complexity index is 639. The van der Waals surface area contributed by atoms with Crippen molar-refractivity contribution in [1.29, 1.82) is 0 Å². The van der Waals surface area contributed by atoms with Crippen molar-refractivity contribution in [3.63, 3.8) is 0 Å². The summed E-state index contributed by atoms with van der Waals surface area (Å²) in [5.41, 5.74) is 0.148. The summed E-state index contributed by atoms with van der Waals surface area (Å²) in [5.74, 6) is -3.42. The lowest BCUT2D eigenvalue weighted by atomic mass is 10.0. The van der Waals surface area contributed by atoms with E-state index in [9.17, 15) is 18.0 Å². The van der Waals surface area contributed by atoms with Gasteiger partial charge in [-0.15, -0.1) is 0 Å². The Kier molecular flexibility index (Phi) is 3.55. The monoisotopic (exact) mass is 266 g/mol. The van der Waals surface area contributed by atoms with Crippen LogP contribution in [0.25, 0.3) is 11.1 Å². The number of hydrogen-bond donors (Lipinski definition) is 1. The molecule has 0 saturated carbocycles. The lowest BCUT2D eigenvalue weighted by Crippen LogP contribution is -2.01. The molecule has 0 aliphatic carbocycles. The van der Waals surface area contributed by atoms with Crippen LogP contribution in [0.15, 0.2) is 36.4 Å². The van der Waals surface area contributed by atoms with E-state index in [1.54, 1.807) is 0 Å². The van der Waals surface area contributed by atoms with E-state index >= 15 is 0 Å². The SMILES string of the molecule is O=C(O)Cc1ccc(F)c(-c2ccc(F)cc2F)c1. The molecule has 0 radical (unpaired) electrons. The van der Waals surface area contributed by atoms with Gasteiger partial charge in [0.2, 0.25) is 0 Å². The van der Waals surface area contributed by atoms with Crippen molar-refractivity contribution >= 4 is 5.97 Å². The van der Waals surface area contributed by atoms with E-state index in [1.165, 1.54) is 12.1 Å². The van der Waals surface area contributed by atoms with E-state index in [0.29, 0.717) is 11.6 Å². The molecule has 0 aliphatic rings. The second-order valence-corrected chi connectivity index (χ2v) is 4.01. The molecule has 0 unspecified atom stereocenters. The van der Waals surface area contributed by atoms with E-state index in [4.69, 9.17) is 5.11 Å². The average molecular weight is 266 g/mol. The molecule has 2 aromatic carbocycles. The largest absolute Gasteiger partial charge is 0.481 e. The minimum atomic E-state index is -1.07. The molecule has 2 aromatic rings. The topological polar surface area (TPSA) is 37.3 Å². The van der Waals surface area contributed by atoms with Crippen molar-refractivity contribution in [2.75, 3.05) is 0 Å². The van der Waals surface area contributed by atoms with E-state index < -0.39 is 23.4 Å². The highest BCUT2D eigenvalue weighted by Crippen LogP contribution is 2.27. The van der Waals surface area contributed by atoms with Crippen LogP contribution in [0.2, 0.25) is 0 Å². The second-order valence-electron chi connectivity index (χ2n) is 4.01. The van der Waals surface area contributed by atoms with E-state index in [1.807, 2.05) is 0 Å². The van der Waals surface area contributed by atoms with E-state index in [2.05, 4.69) is 0 Å². The molecule has 98 valence electrons. The molecule has 2 nitrogen and oxygen atoms in total. The van der Waals surface area contributed by atoms with Crippen LogP contribution in [0, 0.1) is 17.5 Å². The van der Waals surface area contributed by atoms with Crippen LogP contribution in [0.4, 0.5) is 13.2 Å². The van der Waals surface area contributed by atoms with Crippen molar-refractivity contribution in [2.45, 2.75) is 6.42 Å². The summed E-state index contributed by atoms with van der Waals surface area (Å²) in [7, 11) is 0. The minimum absolute atomic E-state index is 0.0868. The van der Waals surface area contributed by atoms with Gasteiger partial charge in [0.05, 0.1) is 6.42 Å². The van der Waals surface area contributed by atoms with Gasteiger partial charge in [-0.05, 0) is 29.8 Å². The third-order valence-electron chi connectivity index (χ3n) is 2.61. The maximum Gasteiger partial charge on any atom is 0.307 e. The third kappa shape index (κ3) is 2.93. The van der Waals surface area contributed by atoms with Gasteiger partial charge in [-0.2, -0.15) is 0 Å². The van der Waals surface area contributed by atoms with Crippen LogP contribution < -0.4 is 0 Å². The van der Waals surface area contributed by atoms with Gasteiger partial charge in [0, 0.05) is 17.2 Å². The molecule has 5 heteroatoms. The summed E-state index contributed by atoms with van der Waals surface area (Å²) in [6.45, 7) is 0. The average Bonchev–Trinajstić information content (AvgIpc) is 2.31. The minimum Gasteiger partial charge on any atom is -0.481 e. The first-order valence-corrected chi connectivity index (χ1v) is 5.43. The Labute approximate surface area is 107 Å². The van der Waals surface area contributed by atoms with Gasteiger partial charge in [-0.1, -0.05) is 6.07 Å². The maximum atomic E-state index is 13.7. The number of hydrogen-bond acceptors (Lipinski definition) is 1. The second kappa shape index (κ2) is 5.14. The lowest BCUT2D eigenvalue weighted by Gasteiger charge is -2.07. The molecule has 19 heavy (non-hydrogen) atoms. The zero-order valence-electron chi connectivity index (χ0n) is 9.66. The molecule has 0 aliphatic heterocycles. The fourth-order valence-electron chi connectivity index (χ4n) is 1.77. The molecule has 0 spiro atoms. The molecule has 0 fully saturated rings. The predicted molar refractivity (Wildman–Crippen MR) is 63.1 cm³/mol. The molecule has 1 N–H and O–H groups in total. The highest BCUT2D eigenvalue weighted by molar-refractivity contribution is 5.72. The lowest BCUT2D eigenvalue weighted by molar-refractivity contribution is -0.136. The standard InChI is InChI=1S/C14H9F3O2/c15-9-2-3-10(13(17)7-9)11-5-8(6-14(18)19)1-4-12(11)16/h1-5,7H,6H2,(H,18,19). The smallest absolute Gasteiger partial charge is 0.307 e. The molecule has 2 rings (SSSR count). The quantitative estimate of drug-likeness (QED) is 0.924. The van der Waals surface area contributed by atoms with Gasteiger partial charge in [-0.25, -0.2) is 13.2 Å². The fourth-order valence-corrected chi connectivity index (χ4v) is 1.77. The number of carboxylic acid groups (broad SMARTS) is 1. The highest BCUT2D eigenvalue weighted by atomic mass is 19.1. The van der Waals surface area contributed by atoms with Crippen LogP contribution in [-0.4, -0.2) is 11.1 Å². The Balaban J connectivity index is 2.51. The zero-order chi connectivity index (χ0) is 14.0. The zero-order valence-corrected chi connectivity index (χ0v) is 9.66. The van der Waals surface area contributed by atoms with Gasteiger partial charge in [-0.3, -0.25) is 4.79 Å². The van der Waals surface area contributed by atoms with Crippen molar-refractivity contribution < 1.29 is 23.1 Å². The predicted octanol–water partition coefficient (Wildman–Crippen LogP) is 3.40. The van der Waals surface area contributed by atoms with Crippen LogP contribution in [0.5, 0.6) is 0 Å². The molecule has 0 saturated heterocycles. The fraction of sp³-hybridized carbons (Fsp3) is 0.0714. The summed E-state index contributed by atoms with van der Waals surface area (Å²) in [6, 6.07) is 6.42. The van der Waals surface area contributed by atoms with Gasteiger partial charge < -0.3 is 5.11 Å². The summed E-state index contributed by atoms with van der Waals surface area (Å²) >= 11 is 0. The summed E-state index contributed by atoms with van der Waals surface area (Å²) < 4.78 is 40.1. The first kappa shape index (κ1) is 13.1. The molecule has 0 bridgehead atoms. The van der Waals surface area contributed by atoms with Crippen LogP contribution >= 0.6 is 0 Å². The Morgan fingerprint density at radius 3 is 2.32 bits per heavy atom. The van der Waals surface area contributed by atoms with Crippen LogP contribution in [0.3, 0.4) is 0 Å². The van der Waals surface area contributed by atoms with Crippen molar-refractivity contribution in [1.82, 2.24) is 0 Å². The maximum absolute atomic E-state index is 13.7. The third-order valence-corrected chi connectivity index (χ3v) is 2.61. The first-order chi connectivity index (χ1) is 8.97. The Morgan fingerprint density at radius 2 is 1.68 bits per heavy atom. The van der Waals surface area contributed by atoms with Gasteiger partial charge >= 0.3 is 5.97 Å².